The fourth-order valence-electron chi connectivity index (χ4n) is 2.68. The van der Waals surface area contributed by atoms with Gasteiger partial charge in [-0.3, -0.25) is 4.79 Å². The molecule has 0 aliphatic heterocycles. The highest BCUT2D eigenvalue weighted by atomic mass is 35.5. The highest BCUT2D eigenvalue weighted by Gasteiger charge is 2.10. The van der Waals surface area contributed by atoms with Gasteiger partial charge in [-0.15, -0.1) is 0 Å². The summed E-state index contributed by atoms with van der Waals surface area (Å²) in [5.41, 5.74) is 0.526. The van der Waals surface area contributed by atoms with Crippen LogP contribution in [0.4, 0.5) is 0 Å². The van der Waals surface area contributed by atoms with E-state index in [0.29, 0.717) is 34.2 Å². The minimum absolute atomic E-state index is 0.117. The number of benzene rings is 1. The molecule has 1 unspecified atom stereocenters. The fourth-order valence-corrected chi connectivity index (χ4v) is 2.85. The first-order chi connectivity index (χ1) is 10.2. The minimum Gasteiger partial charge on any atom is -0.310 e. The molecule has 2 N–H and O–H groups in total. The van der Waals surface area contributed by atoms with E-state index in [1.165, 1.54) is 6.42 Å². The van der Waals surface area contributed by atoms with Crippen LogP contribution in [0, 0.1) is 5.92 Å². The Balaban J connectivity index is 1.69. The zero-order valence-corrected chi connectivity index (χ0v) is 12.5. The number of allylic oxidation sites excluding steroid dienone is 2. The van der Waals surface area contributed by atoms with Gasteiger partial charge in [0.05, 0.1) is 17.4 Å². The Labute approximate surface area is 128 Å². The summed E-state index contributed by atoms with van der Waals surface area (Å²) < 4.78 is 0. The van der Waals surface area contributed by atoms with Crippen LogP contribution in [0.5, 0.6) is 0 Å². The van der Waals surface area contributed by atoms with Crippen molar-refractivity contribution in [3.63, 3.8) is 0 Å². The smallest absolute Gasteiger partial charge is 0.258 e. The quantitative estimate of drug-likeness (QED) is 0.854. The van der Waals surface area contributed by atoms with Gasteiger partial charge in [-0.25, -0.2) is 4.98 Å². The number of hydrogen-bond donors (Lipinski definition) is 2. The predicted octanol–water partition coefficient (Wildman–Crippen LogP) is 3.02. The topological polar surface area (TPSA) is 57.8 Å². The Hall–Kier alpha value is -1.65. The van der Waals surface area contributed by atoms with E-state index < -0.39 is 0 Å². The number of fused-ring (bicyclic) bond motifs is 1. The molecule has 2 aromatic rings. The molecule has 110 valence electrons. The summed E-state index contributed by atoms with van der Waals surface area (Å²) in [7, 11) is 0. The van der Waals surface area contributed by atoms with Crippen molar-refractivity contribution in [3.05, 3.63) is 51.6 Å². The summed E-state index contributed by atoms with van der Waals surface area (Å²) in [5.74, 6) is 1.33. The maximum absolute atomic E-state index is 12.0. The first-order valence-corrected chi connectivity index (χ1v) is 7.64. The van der Waals surface area contributed by atoms with Crippen molar-refractivity contribution in [2.45, 2.75) is 25.8 Å². The summed E-state index contributed by atoms with van der Waals surface area (Å²) in [5, 5.41) is 4.54. The van der Waals surface area contributed by atoms with Crippen molar-refractivity contribution in [2.75, 3.05) is 6.54 Å². The Morgan fingerprint density at radius 2 is 2.29 bits per heavy atom. The SMILES string of the molecule is O=c1[nH]c(CNCC2CC=CCC2)nc2cc(Cl)ccc12. The van der Waals surface area contributed by atoms with E-state index in [4.69, 9.17) is 11.6 Å². The molecule has 0 spiro atoms. The molecule has 0 saturated carbocycles. The average Bonchev–Trinajstić information content (AvgIpc) is 2.48. The third kappa shape index (κ3) is 3.52. The standard InChI is InChI=1S/C16H18ClN3O/c17-12-6-7-13-14(8-12)19-15(20-16(13)21)10-18-9-11-4-2-1-3-5-11/h1-2,6-8,11,18H,3-5,9-10H2,(H,19,20,21). The molecule has 1 aliphatic rings. The molecule has 1 aromatic carbocycles. The summed E-state index contributed by atoms with van der Waals surface area (Å²) in [6.07, 6.45) is 8.00. The maximum Gasteiger partial charge on any atom is 0.258 e. The zero-order valence-electron chi connectivity index (χ0n) is 11.7. The average molecular weight is 304 g/mol. The van der Waals surface area contributed by atoms with Crippen molar-refractivity contribution >= 4 is 22.5 Å². The van der Waals surface area contributed by atoms with Gasteiger partial charge in [-0.1, -0.05) is 23.8 Å². The Morgan fingerprint density at radius 3 is 3.10 bits per heavy atom. The summed E-state index contributed by atoms with van der Waals surface area (Å²) in [6.45, 7) is 1.51. The van der Waals surface area contributed by atoms with E-state index in [9.17, 15) is 4.79 Å². The number of nitrogens with one attached hydrogen (secondary N) is 2. The fraction of sp³-hybridized carbons (Fsp3) is 0.375. The normalized spacial score (nSPS) is 18.2. The van der Waals surface area contributed by atoms with Crippen LogP contribution in [0.25, 0.3) is 10.9 Å². The molecule has 3 rings (SSSR count). The molecular formula is C16H18ClN3O. The zero-order chi connectivity index (χ0) is 14.7. The molecule has 0 amide bonds. The molecular weight excluding hydrogens is 286 g/mol. The first-order valence-electron chi connectivity index (χ1n) is 7.26. The van der Waals surface area contributed by atoms with Crippen molar-refractivity contribution in [1.29, 1.82) is 0 Å². The van der Waals surface area contributed by atoms with Crippen LogP contribution in [-0.2, 0) is 6.54 Å². The molecule has 1 heterocycles. The van der Waals surface area contributed by atoms with E-state index in [1.54, 1.807) is 18.2 Å². The number of nitrogens with zero attached hydrogens (tertiary/aromatic N) is 1. The number of hydrogen-bond acceptors (Lipinski definition) is 3. The van der Waals surface area contributed by atoms with Crippen LogP contribution in [0.2, 0.25) is 5.02 Å². The lowest BCUT2D eigenvalue weighted by molar-refractivity contribution is 0.437. The summed E-state index contributed by atoms with van der Waals surface area (Å²) in [4.78, 5) is 19.3. The summed E-state index contributed by atoms with van der Waals surface area (Å²) >= 11 is 5.95. The highest BCUT2D eigenvalue weighted by Crippen LogP contribution is 2.17. The number of aromatic nitrogens is 2. The molecule has 0 fully saturated rings. The molecule has 1 aromatic heterocycles. The molecule has 4 nitrogen and oxygen atoms in total. The van der Waals surface area contributed by atoms with Gasteiger partial charge in [0.2, 0.25) is 0 Å². The number of H-pyrrole nitrogens is 1. The van der Waals surface area contributed by atoms with Crippen LogP contribution in [0.15, 0.2) is 35.1 Å². The van der Waals surface area contributed by atoms with Gasteiger partial charge in [0.25, 0.3) is 5.56 Å². The van der Waals surface area contributed by atoms with Gasteiger partial charge in [-0.2, -0.15) is 0 Å². The van der Waals surface area contributed by atoms with Crippen molar-refractivity contribution in [1.82, 2.24) is 15.3 Å². The lowest BCUT2D eigenvalue weighted by Crippen LogP contribution is -2.25. The lowest BCUT2D eigenvalue weighted by atomic mass is 9.94. The molecule has 21 heavy (non-hydrogen) atoms. The molecule has 0 bridgehead atoms. The van der Waals surface area contributed by atoms with Crippen molar-refractivity contribution < 1.29 is 0 Å². The van der Waals surface area contributed by atoms with E-state index in [-0.39, 0.29) is 5.56 Å². The second-order valence-electron chi connectivity index (χ2n) is 5.46. The highest BCUT2D eigenvalue weighted by molar-refractivity contribution is 6.31. The maximum atomic E-state index is 12.0. The van der Waals surface area contributed by atoms with E-state index in [2.05, 4.69) is 27.4 Å². The predicted molar refractivity (Wildman–Crippen MR) is 85.6 cm³/mol. The van der Waals surface area contributed by atoms with E-state index >= 15 is 0 Å². The second kappa shape index (κ2) is 6.41. The molecule has 0 radical (unpaired) electrons. The Kier molecular flexibility index (Phi) is 4.36. The largest absolute Gasteiger partial charge is 0.310 e. The summed E-state index contributed by atoms with van der Waals surface area (Å²) in [6, 6.07) is 5.13. The van der Waals surface area contributed by atoms with Crippen LogP contribution in [0.3, 0.4) is 0 Å². The Bertz CT molecular complexity index is 723. The molecule has 0 saturated heterocycles. The third-order valence-corrected chi connectivity index (χ3v) is 4.06. The molecule has 1 atom stereocenters. The first kappa shape index (κ1) is 14.3. The van der Waals surface area contributed by atoms with Gasteiger partial charge in [0.15, 0.2) is 0 Å². The van der Waals surface area contributed by atoms with Gasteiger partial charge >= 0.3 is 0 Å². The number of rotatable bonds is 4. The lowest BCUT2D eigenvalue weighted by Gasteiger charge is -2.17. The van der Waals surface area contributed by atoms with Crippen molar-refractivity contribution in [2.24, 2.45) is 5.92 Å². The Morgan fingerprint density at radius 1 is 1.38 bits per heavy atom. The molecule has 5 heteroatoms. The van der Waals surface area contributed by atoms with Crippen molar-refractivity contribution in [3.8, 4) is 0 Å². The van der Waals surface area contributed by atoms with Crippen LogP contribution in [0.1, 0.15) is 25.1 Å². The molecule has 1 aliphatic carbocycles. The van der Waals surface area contributed by atoms with Gasteiger partial charge in [0.1, 0.15) is 5.82 Å². The minimum atomic E-state index is -0.117. The number of aromatic amines is 1. The van der Waals surface area contributed by atoms with Crippen LogP contribution in [-0.4, -0.2) is 16.5 Å². The van der Waals surface area contributed by atoms with Crippen LogP contribution < -0.4 is 10.9 Å². The monoisotopic (exact) mass is 303 g/mol. The van der Waals surface area contributed by atoms with E-state index in [0.717, 1.165) is 19.4 Å². The second-order valence-corrected chi connectivity index (χ2v) is 5.89. The van der Waals surface area contributed by atoms with Gasteiger partial charge in [0, 0.05) is 5.02 Å². The van der Waals surface area contributed by atoms with Gasteiger partial charge in [-0.05, 0) is 49.9 Å². The van der Waals surface area contributed by atoms with Gasteiger partial charge < -0.3 is 10.3 Å². The van der Waals surface area contributed by atoms with Crippen LogP contribution >= 0.6 is 11.6 Å². The number of halogens is 1. The van der Waals surface area contributed by atoms with E-state index in [1.807, 2.05) is 0 Å². The third-order valence-electron chi connectivity index (χ3n) is 3.82.